The van der Waals surface area contributed by atoms with Gasteiger partial charge in [-0.1, -0.05) is 42.5 Å². The Hall–Kier alpha value is -4.17. The summed E-state index contributed by atoms with van der Waals surface area (Å²) in [5.74, 6) is -0.219. The van der Waals surface area contributed by atoms with Crippen molar-refractivity contribution in [2.24, 2.45) is 5.92 Å². The number of aromatic nitrogens is 2. The monoisotopic (exact) mass is 388 g/mol. The molecule has 5 aromatic rings. The van der Waals surface area contributed by atoms with Gasteiger partial charge >= 0.3 is 0 Å². The third kappa shape index (κ3) is 2.10. The minimum atomic E-state index is -0.219. The first kappa shape index (κ1) is 16.8. The van der Waals surface area contributed by atoms with Gasteiger partial charge in [0.1, 0.15) is 5.65 Å². The normalized spacial score (nSPS) is 15.6. The largest absolute Gasteiger partial charge is 0.398 e. The molecule has 142 valence electrons. The van der Waals surface area contributed by atoms with Gasteiger partial charge in [0.2, 0.25) is 0 Å². The number of anilines is 1. The molecule has 2 N–H and O–H groups in total. The second-order valence-corrected chi connectivity index (χ2v) is 7.67. The van der Waals surface area contributed by atoms with Gasteiger partial charge in [0, 0.05) is 27.2 Å². The highest BCUT2D eigenvalue weighted by Crippen LogP contribution is 2.38. The molecule has 30 heavy (non-hydrogen) atoms. The first-order chi connectivity index (χ1) is 14.7. The first-order valence-corrected chi connectivity index (χ1v) is 9.83. The Balaban J connectivity index is 1.86. The molecule has 1 aliphatic rings. The minimum absolute atomic E-state index is 0.110. The highest BCUT2D eigenvalue weighted by molar-refractivity contribution is 6.21. The van der Waals surface area contributed by atoms with E-state index in [-0.39, 0.29) is 11.5 Å². The number of nitrogens with zero attached hydrogens (tertiary/aromatic N) is 3. The van der Waals surface area contributed by atoms with E-state index in [0.717, 1.165) is 32.6 Å². The van der Waals surface area contributed by atoms with Crippen LogP contribution in [0.15, 0.2) is 59.4 Å². The highest BCUT2D eigenvalue weighted by atomic mass is 16.1. The van der Waals surface area contributed by atoms with Crippen LogP contribution in [-0.4, -0.2) is 9.38 Å². The van der Waals surface area contributed by atoms with E-state index < -0.39 is 0 Å². The fourth-order valence-corrected chi connectivity index (χ4v) is 4.61. The van der Waals surface area contributed by atoms with E-state index in [1.165, 1.54) is 0 Å². The Morgan fingerprint density at radius 1 is 1.03 bits per heavy atom. The molecule has 0 bridgehead atoms. The molecule has 2 aromatic heterocycles. The number of imidazole rings is 1. The van der Waals surface area contributed by atoms with E-state index in [0.29, 0.717) is 28.5 Å². The Morgan fingerprint density at radius 3 is 2.63 bits per heavy atom. The summed E-state index contributed by atoms with van der Waals surface area (Å²) in [6.07, 6.45) is 4.37. The summed E-state index contributed by atoms with van der Waals surface area (Å²) in [6.45, 7) is 0. The van der Waals surface area contributed by atoms with Crippen molar-refractivity contribution >= 4 is 45.0 Å². The van der Waals surface area contributed by atoms with Crippen LogP contribution in [0.3, 0.4) is 0 Å². The first-order valence-electron chi connectivity index (χ1n) is 9.83. The molecule has 3 aromatic carbocycles. The van der Waals surface area contributed by atoms with Gasteiger partial charge in [0.05, 0.1) is 22.7 Å². The zero-order valence-electron chi connectivity index (χ0n) is 16.0. The minimum Gasteiger partial charge on any atom is -0.398 e. The molecule has 0 amide bonds. The van der Waals surface area contributed by atoms with Gasteiger partial charge in [-0.15, -0.1) is 0 Å². The quantitative estimate of drug-likeness (QED) is 0.448. The standard InChI is InChI=1S/C25H16N4O/c26-13-14-6-11-21-20(12-14)28-24-17-9-10-19(27)23-16(15-4-2-1-3-5-15)7-8-18(22(17)23)25(30)29(21)24/h1-5,7-12,14H,6,27H2. The summed E-state index contributed by atoms with van der Waals surface area (Å²) in [5, 5.41) is 14.0. The lowest BCUT2D eigenvalue weighted by atomic mass is 9.93. The van der Waals surface area contributed by atoms with Gasteiger partial charge in [-0.25, -0.2) is 4.98 Å². The number of pyridine rings is 1. The van der Waals surface area contributed by atoms with Gasteiger partial charge in [-0.2, -0.15) is 5.26 Å². The summed E-state index contributed by atoms with van der Waals surface area (Å²) in [5.41, 5.74) is 9.60. The van der Waals surface area contributed by atoms with E-state index in [1.54, 1.807) is 4.40 Å². The number of rotatable bonds is 1. The Labute approximate surface area is 171 Å². The van der Waals surface area contributed by atoms with Crippen molar-refractivity contribution in [2.45, 2.75) is 6.42 Å². The number of fused-ring (bicyclic) bond motifs is 4. The number of hydrogen-bond donors (Lipinski definition) is 1. The summed E-state index contributed by atoms with van der Waals surface area (Å²) >= 11 is 0. The van der Waals surface area contributed by atoms with E-state index in [9.17, 15) is 10.1 Å². The van der Waals surface area contributed by atoms with Crippen LogP contribution in [0, 0.1) is 17.2 Å². The Morgan fingerprint density at radius 2 is 1.83 bits per heavy atom. The van der Waals surface area contributed by atoms with Crippen LogP contribution in [0.1, 0.15) is 6.42 Å². The lowest BCUT2D eigenvalue weighted by Gasteiger charge is -2.14. The van der Waals surface area contributed by atoms with Crippen LogP contribution >= 0.6 is 0 Å². The number of nitriles is 1. The number of nitrogens with two attached hydrogens (primary N) is 1. The maximum atomic E-state index is 13.5. The maximum Gasteiger partial charge on any atom is 0.264 e. The summed E-state index contributed by atoms with van der Waals surface area (Å²) < 4.78 is 1.68. The third-order valence-corrected chi connectivity index (χ3v) is 5.98. The zero-order valence-corrected chi connectivity index (χ0v) is 16.0. The molecular weight excluding hydrogens is 372 g/mol. The van der Waals surface area contributed by atoms with Gasteiger partial charge in [-0.05, 0) is 41.8 Å². The SMILES string of the molecule is N#CC1C=c2nc3c4ccc(N)c5c(-c6ccccc6)ccc(c(=O)n3c2=CC1)c54. The molecular formula is C25H16N4O. The van der Waals surface area contributed by atoms with Crippen molar-refractivity contribution in [1.82, 2.24) is 9.38 Å². The van der Waals surface area contributed by atoms with E-state index in [4.69, 9.17) is 10.7 Å². The second-order valence-electron chi connectivity index (χ2n) is 7.67. The van der Waals surface area contributed by atoms with Gasteiger partial charge < -0.3 is 5.73 Å². The third-order valence-electron chi connectivity index (χ3n) is 5.98. The van der Waals surface area contributed by atoms with Crippen molar-refractivity contribution in [2.75, 3.05) is 5.73 Å². The van der Waals surface area contributed by atoms with E-state index >= 15 is 0 Å². The molecule has 1 unspecified atom stereocenters. The van der Waals surface area contributed by atoms with E-state index in [2.05, 4.69) is 6.07 Å². The van der Waals surface area contributed by atoms with Crippen molar-refractivity contribution in [3.05, 3.63) is 75.6 Å². The van der Waals surface area contributed by atoms with Crippen LogP contribution in [0.2, 0.25) is 0 Å². The van der Waals surface area contributed by atoms with Gasteiger partial charge in [0.15, 0.2) is 0 Å². The predicted molar refractivity (Wildman–Crippen MR) is 119 cm³/mol. The Kier molecular flexibility index (Phi) is 3.30. The van der Waals surface area contributed by atoms with Crippen LogP contribution in [0.5, 0.6) is 0 Å². The molecule has 5 heteroatoms. The van der Waals surface area contributed by atoms with Crippen molar-refractivity contribution < 1.29 is 0 Å². The molecule has 1 aliphatic carbocycles. The molecule has 0 spiro atoms. The molecule has 5 nitrogen and oxygen atoms in total. The lowest BCUT2D eigenvalue weighted by molar-refractivity contribution is 0.893. The average molecular weight is 388 g/mol. The predicted octanol–water partition coefficient (Wildman–Crippen LogP) is 2.79. The van der Waals surface area contributed by atoms with Crippen LogP contribution < -0.4 is 22.0 Å². The van der Waals surface area contributed by atoms with Crippen molar-refractivity contribution in [1.29, 1.82) is 5.26 Å². The second kappa shape index (κ2) is 5.91. The van der Waals surface area contributed by atoms with Crippen LogP contribution in [0.4, 0.5) is 5.69 Å². The van der Waals surface area contributed by atoms with Gasteiger partial charge in [0.25, 0.3) is 5.56 Å². The van der Waals surface area contributed by atoms with Crippen molar-refractivity contribution in [3.63, 3.8) is 0 Å². The van der Waals surface area contributed by atoms with Crippen LogP contribution in [0.25, 0.3) is 50.5 Å². The summed E-state index contributed by atoms with van der Waals surface area (Å²) in [6, 6.07) is 20.0. The molecule has 0 saturated heterocycles. The topological polar surface area (TPSA) is 84.2 Å². The smallest absolute Gasteiger partial charge is 0.264 e. The number of nitrogen functional groups attached to an aromatic ring is 1. The molecule has 0 radical (unpaired) electrons. The Bertz CT molecular complexity index is 1710. The fraction of sp³-hybridized carbons (Fsp3) is 0.0800. The molecule has 0 saturated carbocycles. The van der Waals surface area contributed by atoms with E-state index in [1.807, 2.05) is 66.7 Å². The van der Waals surface area contributed by atoms with Crippen LogP contribution in [-0.2, 0) is 0 Å². The number of benzene rings is 3. The molecule has 2 heterocycles. The van der Waals surface area contributed by atoms with Crippen molar-refractivity contribution in [3.8, 4) is 17.2 Å². The molecule has 6 rings (SSSR count). The zero-order chi connectivity index (χ0) is 20.4. The summed E-state index contributed by atoms with van der Waals surface area (Å²) in [7, 11) is 0. The average Bonchev–Trinajstić information content (AvgIpc) is 3.17. The lowest BCUT2D eigenvalue weighted by Crippen LogP contribution is -2.35. The highest BCUT2D eigenvalue weighted by Gasteiger charge is 2.20. The molecule has 0 aliphatic heterocycles. The fourth-order valence-electron chi connectivity index (χ4n) is 4.61. The molecule has 0 fully saturated rings. The maximum absolute atomic E-state index is 13.5. The number of hydrogen-bond acceptors (Lipinski definition) is 4. The molecule has 1 atom stereocenters. The van der Waals surface area contributed by atoms with Gasteiger partial charge in [-0.3, -0.25) is 9.20 Å². The summed E-state index contributed by atoms with van der Waals surface area (Å²) in [4.78, 5) is 18.3.